The molecule has 0 radical (unpaired) electrons. The molecule has 0 saturated carbocycles. The highest BCUT2D eigenvalue weighted by Crippen LogP contribution is 2.37. The molecule has 0 aromatic heterocycles. The highest BCUT2D eigenvalue weighted by molar-refractivity contribution is 8.01. The molecule has 4 nitrogen and oxygen atoms in total. The van der Waals surface area contributed by atoms with E-state index in [1.54, 1.807) is 40.2 Å². The maximum Gasteiger partial charge on any atom is 0.319 e. The van der Waals surface area contributed by atoms with Gasteiger partial charge in [-0.15, -0.1) is 11.8 Å². The summed E-state index contributed by atoms with van der Waals surface area (Å²) in [6, 6.07) is 5.35. The van der Waals surface area contributed by atoms with Crippen LogP contribution in [0.1, 0.15) is 13.8 Å². The van der Waals surface area contributed by atoms with Crippen LogP contribution in [0.5, 0.6) is 11.5 Å². The maximum atomic E-state index is 11.0. The summed E-state index contributed by atoms with van der Waals surface area (Å²) in [5.41, 5.74) is 0. The molecule has 0 aliphatic rings. The predicted octanol–water partition coefficient (Wildman–Crippen LogP) is 2.66. The van der Waals surface area contributed by atoms with Crippen LogP contribution in [0.3, 0.4) is 0 Å². The number of hydrogen-bond acceptors (Lipinski definition) is 4. The van der Waals surface area contributed by atoms with Gasteiger partial charge in [-0.25, -0.2) is 0 Å². The van der Waals surface area contributed by atoms with Crippen LogP contribution >= 0.6 is 11.8 Å². The zero-order valence-electron chi connectivity index (χ0n) is 10.3. The molecule has 1 aromatic carbocycles. The van der Waals surface area contributed by atoms with Gasteiger partial charge < -0.3 is 14.6 Å². The number of methoxy groups -OCH3 is 2. The lowest BCUT2D eigenvalue weighted by atomic mass is 10.2. The Morgan fingerprint density at radius 3 is 2.29 bits per heavy atom. The van der Waals surface area contributed by atoms with Crippen molar-refractivity contribution in [3.05, 3.63) is 18.2 Å². The van der Waals surface area contributed by atoms with Crippen molar-refractivity contribution in [2.45, 2.75) is 23.5 Å². The number of aliphatic carboxylic acids is 1. The van der Waals surface area contributed by atoms with Gasteiger partial charge in [-0.1, -0.05) is 0 Å². The van der Waals surface area contributed by atoms with Crippen molar-refractivity contribution >= 4 is 17.7 Å². The van der Waals surface area contributed by atoms with Gasteiger partial charge in [0.15, 0.2) is 11.5 Å². The van der Waals surface area contributed by atoms with Crippen molar-refractivity contribution in [1.82, 2.24) is 0 Å². The second-order valence-corrected chi connectivity index (χ2v) is 5.63. The first-order valence-corrected chi connectivity index (χ1v) is 5.87. The van der Waals surface area contributed by atoms with E-state index in [1.807, 2.05) is 6.07 Å². The third-order valence-electron chi connectivity index (χ3n) is 2.24. The van der Waals surface area contributed by atoms with Gasteiger partial charge in [0, 0.05) is 4.90 Å². The summed E-state index contributed by atoms with van der Waals surface area (Å²) >= 11 is 1.27. The number of benzene rings is 1. The monoisotopic (exact) mass is 256 g/mol. The molecule has 0 saturated heterocycles. The first kappa shape index (κ1) is 13.7. The average Bonchev–Trinajstić information content (AvgIpc) is 2.28. The van der Waals surface area contributed by atoms with E-state index in [1.165, 1.54) is 11.8 Å². The van der Waals surface area contributed by atoms with E-state index in [0.29, 0.717) is 11.5 Å². The van der Waals surface area contributed by atoms with Crippen LogP contribution in [-0.2, 0) is 4.79 Å². The van der Waals surface area contributed by atoms with E-state index in [4.69, 9.17) is 14.6 Å². The Kier molecular flexibility index (Phi) is 4.28. The minimum atomic E-state index is -0.875. The Morgan fingerprint density at radius 2 is 1.82 bits per heavy atom. The van der Waals surface area contributed by atoms with Crippen LogP contribution in [0.4, 0.5) is 0 Å². The second-order valence-electron chi connectivity index (χ2n) is 3.93. The van der Waals surface area contributed by atoms with Crippen LogP contribution in [0.25, 0.3) is 0 Å². The molecule has 0 spiro atoms. The smallest absolute Gasteiger partial charge is 0.319 e. The molecule has 1 rings (SSSR count). The van der Waals surface area contributed by atoms with E-state index in [0.717, 1.165) is 4.90 Å². The van der Waals surface area contributed by atoms with Gasteiger partial charge in [-0.05, 0) is 32.0 Å². The number of carboxylic acid groups (broad SMARTS) is 1. The van der Waals surface area contributed by atoms with Gasteiger partial charge in [0.05, 0.1) is 14.2 Å². The molecule has 0 bridgehead atoms. The summed E-state index contributed by atoms with van der Waals surface area (Å²) in [4.78, 5) is 11.9. The summed E-state index contributed by atoms with van der Waals surface area (Å²) in [5, 5.41) is 9.05. The third kappa shape index (κ3) is 3.30. The normalized spacial score (nSPS) is 11.1. The summed E-state index contributed by atoms with van der Waals surface area (Å²) in [6.45, 7) is 3.33. The first-order valence-electron chi connectivity index (χ1n) is 5.05. The fourth-order valence-electron chi connectivity index (χ4n) is 1.22. The topological polar surface area (TPSA) is 55.8 Å². The summed E-state index contributed by atoms with van der Waals surface area (Å²) in [7, 11) is 3.11. The molecule has 0 heterocycles. The minimum Gasteiger partial charge on any atom is -0.493 e. The van der Waals surface area contributed by atoms with E-state index < -0.39 is 10.7 Å². The molecular formula is C12H16O4S. The van der Waals surface area contributed by atoms with Crippen molar-refractivity contribution in [1.29, 1.82) is 0 Å². The number of carbonyl (C=O) groups is 1. The maximum absolute atomic E-state index is 11.0. The molecule has 5 heteroatoms. The number of thioether (sulfide) groups is 1. The van der Waals surface area contributed by atoms with E-state index in [2.05, 4.69) is 0 Å². The van der Waals surface area contributed by atoms with E-state index >= 15 is 0 Å². The molecule has 94 valence electrons. The molecule has 0 aliphatic heterocycles. The third-order valence-corrected chi connectivity index (χ3v) is 3.42. The predicted molar refractivity (Wildman–Crippen MR) is 67.1 cm³/mol. The largest absolute Gasteiger partial charge is 0.493 e. The van der Waals surface area contributed by atoms with Gasteiger partial charge in [0.25, 0.3) is 0 Å². The van der Waals surface area contributed by atoms with E-state index in [9.17, 15) is 4.79 Å². The average molecular weight is 256 g/mol. The standard InChI is InChI=1S/C12H16O4S/c1-12(2,11(13)14)17-8-5-6-9(15-3)10(7-8)16-4/h5-7H,1-4H3,(H,13,14). The Bertz CT molecular complexity index is 415. The van der Waals surface area contributed by atoms with Gasteiger partial charge in [0.1, 0.15) is 4.75 Å². The molecule has 0 amide bonds. The number of rotatable bonds is 5. The zero-order chi connectivity index (χ0) is 13.1. The Labute approximate surface area is 105 Å². The Balaban J connectivity index is 2.97. The highest BCUT2D eigenvalue weighted by Gasteiger charge is 2.28. The molecule has 0 atom stereocenters. The molecular weight excluding hydrogens is 240 g/mol. The van der Waals surface area contributed by atoms with Crippen molar-refractivity contribution in [3.8, 4) is 11.5 Å². The van der Waals surface area contributed by atoms with Crippen LogP contribution in [0, 0.1) is 0 Å². The summed E-state index contributed by atoms with van der Waals surface area (Å²) in [6.07, 6.45) is 0. The number of hydrogen-bond donors (Lipinski definition) is 1. The van der Waals surface area contributed by atoms with E-state index in [-0.39, 0.29) is 0 Å². The molecule has 0 fully saturated rings. The van der Waals surface area contributed by atoms with Crippen molar-refractivity contribution in [2.24, 2.45) is 0 Å². The van der Waals surface area contributed by atoms with Crippen molar-refractivity contribution in [2.75, 3.05) is 14.2 Å². The molecule has 1 aromatic rings. The quantitative estimate of drug-likeness (QED) is 0.821. The summed E-state index contributed by atoms with van der Waals surface area (Å²) < 4.78 is 9.41. The molecule has 0 aliphatic carbocycles. The van der Waals surface area contributed by atoms with Gasteiger partial charge in [0.2, 0.25) is 0 Å². The fraction of sp³-hybridized carbons (Fsp3) is 0.417. The number of ether oxygens (including phenoxy) is 2. The SMILES string of the molecule is COc1ccc(SC(C)(C)C(=O)O)cc1OC. The second kappa shape index (κ2) is 5.31. The lowest BCUT2D eigenvalue weighted by Gasteiger charge is -2.19. The highest BCUT2D eigenvalue weighted by atomic mass is 32.2. The van der Waals surface area contributed by atoms with Gasteiger partial charge in [-0.2, -0.15) is 0 Å². The fourth-order valence-corrected chi connectivity index (χ4v) is 2.20. The minimum absolute atomic E-state index is 0.596. The van der Waals surface area contributed by atoms with Crippen molar-refractivity contribution < 1.29 is 19.4 Å². The first-order chi connectivity index (χ1) is 7.90. The van der Waals surface area contributed by atoms with Crippen LogP contribution in [0.15, 0.2) is 23.1 Å². The van der Waals surface area contributed by atoms with Gasteiger partial charge >= 0.3 is 5.97 Å². The van der Waals surface area contributed by atoms with Crippen LogP contribution < -0.4 is 9.47 Å². The lowest BCUT2D eigenvalue weighted by molar-refractivity contribution is -0.138. The van der Waals surface area contributed by atoms with Crippen molar-refractivity contribution in [3.63, 3.8) is 0 Å². The zero-order valence-corrected chi connectivity index (χ0v) is 11.1. The van der Waals surface area contributed by atoms with Gasteiger partial charge in [-0.3, -0.25) is 4.79 Å². The van der Waals surface area contributed by atoms with Crippen LogP contribution in [-0.4, -0.2) is 30.0 Å². The summed E-state index contributed by atoms with van der Waals surface area (Å²) in [5.74, 6) is 0.376. The number of carboxylic acids is 1. The molecule has 1 N–H and O–H groups in total. The Morgan fingerprint density at radius 1 is 1.24 bits per heavy atom. The molecule has 0 unspecified atom stereocenters. The Hall–Kier alpha value is -1.36. The van der Waals surface area contributed by atoms with Crippen LogP contribution in [0.2, 0.25) is 0 Å². The lowest BCUT2D eigenvalue weighted by Crippen LogP contribution is -2.26. The molecule has 17 heavy (non-hydrogen) atoms.